The molecule has 1 radical (unpaired) electrons. The predicted molar refractivity (Wildman–Crippen MR) is 56.5 cm³/mol. The minimum atomic E-state index is -0.373. The van der Waals surface area contributed by atoms with Crippen molar-refractivity contribution in [1.82, 2.24) is 3.93 Å². The van der Waals surface area contributed by atoms with Gasteiger partial charge in [-0.05, 0) is 20.8 Å². The topological polar surface area (TPSA) is 63.7 Å². The molecule has 1 saturated heterocycles. The van der Waals surface area contributed by atoms with Gasteiger partial charge in [-0.1, -0.05) is 0 Å². The molecule has 0 unspecified atom stereocenters. The highest BCUT2D eigenvalue weighted by atomic mass is 79.9. The van der Waals surface area contributed by atoms with Crippen LogP contribution in [0, 0.1) is 0 Å². The smallest absolute Gasteiger partial charge is 0.418 e. The van der Waals surface area contributed by atoms with Gasteiger partial charge in [0.2, 0.25) is 11.8 Å². The van der Waals surface area contributed by atoms with Crippen LogP contribution in [0.25, 0.3) is 0 Å². The number of ether oxygens (including phenoxy) is 1. The SMILES string of the molecule is CC(C)(C)O[C]=O.O=C1CCC(=O)N1Br. The molecular weight excluding hydrogens is 266 g/mol. The van der Waals surface area contributed by atoms with E-state index in [-0.39, 0.29) is 17.4 Å². The number of nitrogens with zero attached hydrogens (tertiary/aromatic N) is 1. The van der Waals surface area contributed by atoms with E-state index in [4.69, 9.17) is 0 Å². The maximum atomic E-state index is 10.4. The lowest BCUT2D eigenvalue weighted by Crippen LogP contribution is -2.17. The summed E-state index contributed by atoms with van der Waals surface area (Å²) in [6.07, 6.45) is 0.703. The normalized spacial score (nSPS) is 15.9. The Balaban J connectivity index is 0.000000265. The molecule has 1 fully saturated rings. The van der Waals surface area contributed by atoms with E-state index in [0.29, 0.717) is 12.8 Å². The molecule has 0 aliphatic carbocycles. The first-order valence-corrected chi connectivity index (χ1v) is 5.05. The number of hydrogen-bond acceptors (Lipinski definition) is 4. The zero-order chi connectivity index (χ0) is 12.1. The van der Waals surface area contributed by atoms with Gasteiger partial charge in [0.25, 0.3) is 0 Å². The Morgan fingerprint density at radius 1 is 1.27 bits per heavy atom. The lowest BCUT2D eigenvalue weighted by atomic mass is 10.2. The average Bonchev–Trinajstić information content (AvgIpc) is 2.35. The van der Waals surface area contributed by atoms with Crippen LogP contribution in [0.3, 0.4) is 0 Å². The molecule has 0 spiro atoms. The summed E-state index contributed by atoms with van der Waals surface area (Å²) >= 11 is 2.80. The molecule has 0 bridgehead atoms. The molecular formula is C9H13BrNO4. The van der Waals surface area contributed by atoms with E-state index < -0.39 is 0 Å². The average molecular weight is 279 g/mol. The van der Waals surface area contributed by atoms with E-state index in [0.717, 1.165) is 3.93 Å². The molecule has 1 heterocycles. The second-order valence-corrected chi connectivity index (χ2v) is 4.58. The largest absolute Gasteiger partial charge is 0.452 e. The first kappa shape index (κ1) is 14.1. The second kappa shape index (κ2) is 5.85. The summed E-state index contributed by atoms with van der Waals surface area (Å²) < 4.78 is 5.40. The molecule has 6 heteroatoms. The molecule has 0 aromatic carbocycles. The third-order valence-corrected chi connectivity index (χ3v) is 2.13. The number of carbonyl (C=O) groups is 2. The molecule has 0 saturated carbocycles. The first-order chi connectivity index (χ1) is 6.78. The summed E-state index contributed by atoms with van der Waals surface area (Å²) in [7, 11) is 0. The highest BCUT2D eigenvalue weighted by molar-refractivity contribution is 9.08. The van der Waals surface area contributed by atoms with Crippen LogP contribution in [-0.4, -0.2) is 27.8 Å². The molecule has 0 atom stereocenters. The fourth-order valence-corrected chi connectivity index (χ4v) is 1.03. The molecule has 5 nitrogen and oxygen atoms in total. The number of carbonyl (C=O) groups excluding carboxylic acids is 3. The molecule has 1 aliphatic heterocycles. The van der Waals surface area contributed by atoms with Crippen molar-refractivity contribution < 1.29 is 19.1 Å². The third kappa shape index (κ3) is 6.22. The van der Waals surface area contributed by atoms with Gasteiger partial charge in [-0.3, -0.25) is 9.59 Å². The number of hydrogen-bond donors (Lipinski definition) is 0. The molecule has 1 aliphatic rings. The van der Waals surface area contributed by atoms with E-state index in [9.17, 15) is 14.4 Å². The molecule has 0 N–H and O–H groups in total. The van der Waals surface area contributed by atoms with Gasteiger partial charge in [-0.15, -0.1) is 0 Å². The van der Waals surface area contributed by atoms with E-state index in [2.05, 4.69) is 20.9 Å². The summed E-state index contributed by atoms with van der Waals surface area (Å²) in [4.78, 5) is 30.4. The predicted octanol–water partition coefficient (Wildman–Crippen LogP) is 1.31. The molecule has 0 aromatic rings. The zero-order valence-corrected chi connectivity index (χ0v) is 10.5. The lowest BCUT2D eigenvalue weighted by molar-refractivity contribution is -0.131. The van der Waals surface area contributed by atoms with Gasteiger partial charge in [0.15, 0.2) is 0 Å². The molecule has 85 valence electrons. The molecule has 15 heavy (non-hydrogen) atoms. The first-order valence-electron chi connectivity index (χ1n) is 4.34. The number of rotatable bonds is 1. The van der Waals surface area contributed by atoms with Gasteiger partial charge in [0.05, 0.1) is 16.1 Å². The maximum Gasteiger partial charge on any atom is 0.418 e. The summed E-state index contributed by atoms with van der Waals surface area (Å²) in [6, 6.07) is 0. The lowest BCUT2D eigenvalue weighted by Gasteiger charge is -2.13. The van der Waals surface area contributed by atoms with Crippen LogP contribution < -0.4 is 0 Å². The highest BCUT2D eigenvalue weighted by Gasteiger charge is 2.26. The van der Waals surface area contributed by atoms with Crippen molar-refractivity contribution in [3.05, 3.63) is 0 Å². The minimum Gasteiger partial charge on any atom is -0.452 e. The quantitative estimate of drug-likeness (QED) is 0.536. The van der Waals surface area contributed by atoms with Crippen LogP contribution >= 0.6 is 16.1 Å². The summed E-state index contributed by atoms with van der Waals surface area (Å²) in [5.41, 5.74) is -0.373. The maximum absolute atomic E-state index is 10.4. The van der Waals surface area contributed by atoms with Crippen molar-refractivity contribution >= 4 is 34.4 Å². The van der Waals surface area contributed by atoms with E-state index >= 15 is 0 Å². The Morgan fingerprint density at radius 3 is 1.73 bits per heavy atom. The van der Waals surface area contributed by atoms with Crippen LogP contribution in [0.2, 0.25) is 0 Å². The Hall–Kier alpha value is -0.910. The Labute approximate surface area is 97.1 Å². The summed E-state index contributed by atoms with van der Waals surface area (Å²) in [6.45, 7) is 6.73. The fourth-order valence-electron chi connectivity index (χ4n) is 0.674. The summed E-state index contributed by atoms with van der Waals surface area (Å²) in [5.74, 6) is -0.287. The van der Waals surface area contributed by atoms with Crippen LogP contribution in [0.4, 0.5) is 0 Å². The van der Waals surface area contributed by atoms with Gasteiger partial charge < -0.3 is 4.74 Å². The van der Waals surface area contributed by atoms with Crippen molar-refractivity contribution in [3.63, 3.8) is 0 Å². The molecule has 2 amide bonds. The fraction of sp³-hybridized carbons (Fsp3) is 0.667. The van der Waals surface area contributed by atoms with Crippen molar-refractivity contribution in [2.24, 2.45) is 0 Å². The van der Waals surface area contributed by atoms with Crippen molar-refractivity contribution in [2.75, 3.05) is 0 Å². The van der Waals surface area contributed by atoms with E-state index in [1.807, 2.05) is 0 Å². The standard InChI is InChI=1S/C5H9O2.C4H4BrNO2/c1-5(2,3)7-4-6;5-6-3(7)1-2-4(6)8/h1-3H3;1-2H2. The van der Waals surface area contributed by atoms with Crippen LogP contribution in [0.1, 0.15) is 33.6 Å². The van der Waals surface area contributed by atoms with Crippen LogP contribution in [0.5, 0.6) is 0 Å². The van der Waals surface area contributed by atoms with Gasteiger partial charge >= 0.3 is 6.47 Å². The highest BCUT2D eigenvalue weighted by Crippen LogP contribution is 2.14. The van der Waals surface area contributed by atoms with Crippen molar-refractivity contribution in [2.45, 2.75) is 39.2 Å². The summed E-state index contributed by atoms with van der Waals surface area (Å²) in [5, 5.41) is 0. The Bertz CT molecular complexity index is 243. The van der Waals surface area contributed by atoms with Crippen molar-refractivity contribution in [3.8, 4) is 0 Å². The number of amides is 2. The third-order valence-electron chi connectivity index (χ3n) is 1.34. The van der Waals surface area contributed by atoms with Crippen molar-refractivity contribution in [1.29, 1.82) is 0 Å². The van der Waals surface area contributed by atoms with Crippen LogP contribution in [-0.2, 0) is 19.1 Å². The van der Waals surface area contributed by atoms with Gasteiger partial charge in [0, 0.05) is 12.8 Å². The van der Waals surface area contributed by atoms with Crippen LogP contribution in [0.15, 0.2) is 0 Å². The second-order valence-electron chi connectivity index (χ2n) is 3.87. The number of imide groups is 1. The van der Waals surface area contributed by atoms with E-state index in [1.54, 1.807) is 20.8 Å². The zero-order valence-electron chi connectivity index (χ0n) is 8.87. The Morgan fingerprint density at radius 2 is 1.67 bits per heavy atom. The molecule has 0 aromatic heterocycles. The monoisotopic (exact) mass is 278 g/mol. The van der Waals surface area contributed by atoms with Gasteiger partial charge in [-0.25, -0.2) is 8.72 Å². The van der Waals surface area contributed by atoms with E-state index in [1.165, 1.54) is 6.47 Å². The molecule has 1 rings (SSSR count). The Kier molecular flexibility index (Phi) is 5.49. The van der Waals surface area contributed by atoms with Gasteiger partial charge in [-0.2, -0.15) is 0 Å². The van der Waals surface area contributed by atoms with Gasteiger partial charge in [0.1, 0.15) is 5.60 Å². The minimum absolute atomic E-state index is 0.144. The number of halogens is 1.